The van der Waals surface area contributed by atoms with Gasteiger partial charge < -0.3 is 9.47 Å². The van der Waals surface area contributed by atoms with Gasteiger partial charge in [0, 0.05) is 12.3 Å². The molecule has 14 heavy (non-hydrogen) atoms. The predicted octanol–water partition coefficient (Wildman–Crippen LogP) is 2.41. The van der Waals surface area contributed by atoms with Crippen LogP contribution in [0.4, 0.5) is 0 Å². The quantitative estimate of drug-likeness (QED) is 0.742. The third-order valence-corrected chi connectivity index (χ3v) is 1.68. The van der Waals surface area contributed by atoms with Crippen molar-refractivity contribution in [1.82, 2.24) is 4.98 Å². The number of hydrogen-bond donors (Lipinski definition) is 0. The van der Waals surface area contributed by atoms with E-state index in [0.29, 0.717) is 12.5 Å². The Morgan fingerprint density at radius 2 is 2.00 bits per heavy atom. The topological polar surface area (TPSA) is 31.4 Å². The normalized spacial score (nSPS) is 11.4. The van der Waals surface area contributed by atoms with Crippen LogP contribution in [-0.4, -0.2) is 17.7 Å². The van der Waals surface area contributed by atoms with Gasteiger partial charge in [-0.2, -0.15) is 0 Å². The number of aromatic nitrogens is 1. The second-order valence-electron chi connectivity index (χ2n) is 4.11. The molecular formula is C11H17NO2. The minimum absolute atomic E-state index is 0.111. The van der Waals surface area contributed by atoms with Gasteiger partial charge in [0.2, 0.25) is 5.88 Å². The molecule has 0 aliphatic rings. The van der Waals surface area contributed by atoms with Crippen LogP contribution >= 0.6 is 0 Å². The molecule has 0 unspecified atom stereocenters. The SMILES string of the molecule is COc1ccc(COC(C)(C)C)cn1. The summed E-state index contributed by atoms with van der Waals surface area (Å²) in [5.41, 5.74) is 0.945. The predicted molar refractivity (Wildman–Crippen MR) is 55.3 cm³/mol. The number of ether oxygens (including phenoxy) is 2. The van der Waals surface area contributed by atoms with Gasteiger partial charge in [-0.1, -0.05) is 0 Å². The molecule has 0 atom stereocenters. The van der Waals surface area contributed by atoms with E-state index in [-0.39, 0.29) is 5.60 Å². The third-order valence-electron chi connectivity index (χ3n) is 1.68. The summed E-state index contributed by atoms with van der Waals surface area (Å²) in [6.45, 7) is 6.68. The van der Waals surface area contributed by atoms with Gasteiger partial charge in [0.1, 0.15) is 0 Å². The number of nitrogens with zero attached hydrogens (tertiary/aromatic N) is 1. The first-order valence-corrected chi connectivity index (χ1v) is 4.64. The van der Waals surface area contributed by atoms with Gasteiger partial charge >= 0.3 is 0 Å². The molecule has 0 bridgehead atoms. The lowest BCUT2D eigenvalue weighted by Gasteiger charge is -2.19. The summed E-state index contributed by atoms with van der Waals surface area (Å²) < 4.78 is 10.6. The molecule has 1 aromatic rings. The molecule has 0 radical (unpaired) electrons. The van der Waals surface area contributed by atoms with Gasteiger partial charge in [-0.05, 0) is 32.4 Å². The van der Waals surface area contributed by atoms with Crippen molar-refractivity contribution in [1.29, 1.82) is 0 Å². The Balaban J connectivity index is 2.52. The van der Waals surface area contributed by atoms with Crippen molar-refractivity contribution in [2.75, 3.05) is 7.11 Å². The molecule has 0 saturated carbocycles. The second kappa shape index (κ2) is 4.42. The standard InChI is InChI=1S/C11H17NO2/c1-11(2,3)14-8-9-5-6-10(13-4)12-7-9/h5-7H,8H2,1-4H3. The summed E-state index contributed by atoms with van der Waals surface area (Å²) in [6, 6.07) is 3.79. The van der Waals surface area contributed by atoms with Crippen LogP contribution in [0.15, 0.2) is 18.3 Å². The Morgan fingerprint density at radius 1 is 1.29 bits per heavy atom. The molecule has 0 N–H and O–H groups in total. The molecule has 0 aliphatic carbocycles. The molecular weight excluding hydrogens is 178 g/mol. The van der Waals surface area contributed by atoms with Crippen LogP contribution in [0, 0.1) is 0 Å². The van der Waals surface area contributed by atoms with Crippen LogP contribution in [0.1, 0.15) is 26.3 Å². The Labute approximate surface area is 85.1 Å². The van der Waals surface area contributed by atoms with Gasteiger partial charge in [0.15, 0.2) is 0 Å². The number of hydrogen-bond acceptors (Lipinski definition) is 3. The maximum absolute atomic E-state index is 5.61. The van der Waals surface area contributed by atoms with Crippen molar-refractivity contribution < 1.29 is 9.47 Å². The molecule has 0 fully saturated rings. The van der Waals surface area contributed by atoms with Crippen LogP contribution in [0.25, 0.3) is 0 Å². The van der Waals surface area contributed by atoms with Crippen molar-refractivity contribution in [3.63, 3.8) is 0 Å². The van der Waals surface area contributed by atoms with Gasteiger partial charge in [-0.3, -0.25) is 0 Å². The third kappa shape index (κ3) is 3.75. The Hall–Kier alpha value is -1.09. The maximum Gasteiger partial charge on any atom is 0.212 e. The van der Waals surface area contributed by atoms with E-state index < -0.39 is 0 Å². The highest BCUT2D eigenvalue weighted by atomic mass is 16.5. The van der Waals surface area contributed by atoms with Crippen molar-refractivity contribution in [3.05, 3.63) is 23.9 Å². The number of pyridine rings is 1. The van der Waals surface area contributed by atoms with E-state index in [9.17, 15) is 0 Å². The van der Waals surface area contributed by atoms with E-state index in [4.69, 9.17) is 9.47 Å². The van der Waals surface area contributed by atoms with Crippen molar-refractivity contribution in [2.45, 2.75) is 33.0 Å². The zero-order chi connectivity index (χ0) is 10.6. The number of methoxy groups -OCH3 is 1. The lowest BCUT2D eigenvalue weighted by molar-refractivity contribution is -0.0150. The highest BCUT2D eigenvalue weighted by Gasteiger charge is 2.09. The first kappa shape index (κ1) is 11.0. The Bertz CT molecular complexity index is 274. The van der Waals surface area contributed by atoms with Crippen molar-refractivity contribution in [2.24, 2.45) is 0 Å². The first-order valence-electron chi connectivity index (χ1n) is 4.64. The molecule has 3 heteroatoms. The molecule has 1 rings (SSSR count). The summed E-state index contributed by atoms with van der Waals surface area (Å²) in [5, 5.41) is 0. The van der Waals surface area contributed by atoms with Gasteiger partial charge in [-0.15, -0.1) is 0 Å². The molecule has 0 aliphatic heterocycles. The fourth-order valence-corrected chi connectivity index (χ4v) is 0.917. The lowest BCUT2D eigenvalue weighted by atomic mass is 10.2. The van der Waals surface area contributed by atoms with E-state index in [1.807, 2.05) is 32.9 Å². The molecule has 0 spiro atoms. The summed E-state index contributed by atoms with van der Waals surface area (Å²) in [7, 11) is 1.60. The van der Waals surface area contributed by atoms with Crippen LogP contribution < -0.4 is 4.74 Å². The molecule has 78 valence electrons. The number of rotatable bonds is 3. The van der Waals surface area contributed by atoms with Crippen LogP contribution in [0.3, 0.4) is 0 Å². The van der Waals surface area contributed by atoms with E-state index in [0.717, 1.165) is 5.56 Å². The van der Waals surface area contributed by atoms with Crippen LogP contribution in [0.2, 0.25) is 0 Å². The van der Waals surface area contributed by atoms with Crippen molar-refractivity contribution in [3.8, 4) is 5.88 Å². The summed E-state index contributed by atoms with van der Waals surface area (Å²) in [5.74, 6) is 0.629. The second-order valence-corrected chi connectivity index (χ2v) is 4.11. The average Bonchev–Trinajstić information content (AvgIpc) is 2.14. The lowest BCUT2D eigenvalue weighted by Crippen LogP contribution is -2.18. The van der Waals surface area contributed by atoms with Crippen LogP contribution in [-0.2, 0) is 11.3 Å². The van der Waals surface area contributed by atoms with E-state index >= 15 is 0 Å². The first-order chi connectivity index (χ1) is 6.51. The van der Waals surface area contributed by atoms with Gasteiger partial charge in [0.05, 0.1) is 19.3 Å². The molecule has 0 aromatic carbocycles. The van der Waals surface area contributed by atoms with E-state index in [2.05, 4.69) is 4.98 Å². The maximum atomic E-state index is 5.61. The highest BCUT2D eigenvalue weighted by Crippen LogP contribution is 2.12. The summed E-state index contributed by atoms with van der Waals surface area (Å²) in [4.78, 5) is 4.10. The Kier molecular flexibility index (Phi) is 3.47. The zero-order valence-electron chi connectivity index (χ0n) is 9.20. The largest absolute Gasteiger partial charge is 0.481 e. The zero-order valence-corrected chi connectivity index (χ0v) is 9.20. The van der Waals surface area contributed by atoms with Gasteiger partial charge in [-0.25, -0.2) is 4.98 Å². The van der Waals surface area contributed by atoms with Crippen molar-refractivity contribution >= 4 is 0 Å². The molecule has 0 saturated heterocycles. The Morgan fingerprint density at radius 3 is 2.43 bits per heavy atom. The molecule has 0 amide bonds. The minimum Gasteiger partial charge on any atom is -0.481 e. The highest BCUT2D eigenvalue weighted by molar-refractivity contribution is 5.16. The molecule has 3 nitrogen and oxygen atoms in total. The monoisotopic (exact) mass is 195 g/mol. The van der Waals surface area contributed by atoms with E-state index in [1.165, 1.54) is 0 Å². The van der Waals surface area contributed by atoms with Gasteiger partial charge in [0.25, 0.3) is 0 Å². The summed E-state index contributed by atoms with van der Waals surface area (Å²) >= 11 is 0. The summed E-state index contributed by atoms with van der Waals surface area (Å²) in [6.07, 6.45) is 1.77. The molecule has 1 heterocycles. The fraction of sp³-hybridized carbons (Fsp3) is 0.545. The van der Waals surface area contributed by atoms with E-state index in [1.54, 1.807) is 13.3 Å². The smallest absolute Gasteiger partial charge is 0.212 e. The fourth-order valence-electron chi connectivity index (χ4n) is 0.917. The van der Waals surface area contributed by atoms with Crippen LogP contribution in [0.5, 0.6) is 5.88 Å². The average molecular weight is 195 g/mol. The minimum atomic E-state index is -0.111. The molecule has 1 aromatic heterocycles.